The van der Waals surface area contributed by atoms with Crippen LogP contribution in [0.25, 0.3) is 0 Å². The molecule has 2 rings (SSSR count). The van der Waals surface area contributed by atoms with E-state index < -0.39 is 17.5 Å². The molecule has 0 unspecified atom stereocenters. The maximum Gasteiger partial charge on any atom is 0.243 e. The van der Waals surface area contributed by atoms with Gasteiger partial charge >= 0.3 is 0 Å². The number of aryl methyl sites for hydroxylation is 1. The summed E-state index contributed by atoms with van der Waals surface area (Å²) in [4.78, 5) is 28.6. The van der Waals surface area contributed by atoms with Gasteiger partial charge in [-0.2, -0.15) is 0 Å². The number of primary amides is 1. The van der Waals surface area contributed by atoms with Gasteiger partial charge in [0, 0.05) is 12.4 Å². The van der Waals surface area contributed by atoms with Gasteiger partial charge in [-0.05, 0) is 26.7 Å². The van der Waals surface area contributed by atoms with Crippen LogP contribution in [0, 0.1) is 6.92 Å². The summed E-state index contributed by atoms with van der Waals surface area (Å²) < 4.78 is 1.79. The molecule has 6 heteroatoms. The van der Waals surface area contributed by atoms with Crippen LogP contribution in [0.2, 0.25) is 0 Å². The SMILES string of the molecule is Cc1nccn1[C@H](C)C(=O)NC1(C(N)=O)CCCCCC1. The van der Waals surface area contributed by atoms with E-state index in [0.717, 1.165) is 31.5 Å². The second-order valence-electron chi connectivity index (χ2n) is 5.91. The molecule has 21 heavy (non-hydrogen) atoms. The number of aromatic nitrogens is 2. The lowest BCUT2D eigenvalue weighted by Gasteiger charge is -2.32. The van der Waals surface area contributed by atoms with Crippen molar-refractivity contribution in [2.45, 2.75) is 64.0 Å². The topological polar surface area (TPSA) is 90.0 Å². The Morgan fingerprint density at radius 3 is 2.43 bits per heavy atom. The van der Waals surface area contributed by atoms with Crippen LogP contribution in [0.15, 0.2) is 12.4 Å². The molecule has 1 fully saturated rings. The molecule has 2 amide bonds. The fourth-order valence-electron chi connectivity index (χ4n) is 3.03. The molecule has 1 aliphatic rings. The third-order valence-electron chi connectivity index (χ3n) is 4.45. The molecule has 0 radical (unpaired) electrons. The van der Waals surface area contributed by atoms with Gasteiger partial charge in [0.25, 0.3) is 0 Å². The average molecular weight is 292 g/mol. The van der Waals surface area contributed by atoms with Gasteiger partial charge in [-0.25, -0.2) is 4.98 Å². The van der Waals surface area contributed by atoms with E-state index in [2.05, 4.69) is 10.3 Å². The summed E-state index contributed by atoms with van der Waals surface area (Å²) in [6.45, 7) is 3.65. The first-order valence-electron chi connectivity index (χ1n) is 7.58. The lowest BCUT2D eigenvalue weighted by Crippen LogP contribution is -2.58. The monoisotopic (exact) mass is 292 g/mol. The molecule has 0 aromatic carbocycles. The van der Waals surface area contributed by atoms with E-state index in [9.17, 15) is 9.59 Å². The Morgan fingerprint density at radius 2 is 1.95 bits per heavy atom. The van der Waals surface area contributed by atoms with Crippen LogP contribution in [-0.2, 0) is 9.59 Å². The first-order chi connectivity index (χ1) is 9.96. The number of imidazole rings is 1. The largest absolute Gasteiger partial charge is 0.368 e. The molecule has 1 aromatic heterocycles. The maximum absolute atomic E-state index is 12.5. The minimum atomic E-state index is -0.893. The average Bonchev–Trinajstić information content (AvgIpc) is 2.72. The van der Waals surface area contributed by atoms with Crippen molar-refractivity contribution in [3.05, 3.63) is 18.2 Å². The highest BCUT2D eigenvalue weighted by Crippen LogP contribution is 2.27. The molecule has 0 spiro atoms. The van der Waals surface area contributed by atoms with E-state index >= 15 is 0 Å². The van der Waals surface area contributed by atoms with E-state index in [0.29, 0.717) is 12.8 Å². The number of nitrogens with one attached hydrogen (secondary N) is 1. The minimum Gasteiger partial charge on any atom is -0.368 e. The van der Waals surface area contributed by atoms with Crippen LogP contribution in [0.5, 0.6) is 0 Å². The Morgan fingerprint density at radius 1 is 1.33 bits per heavy atom. The predicted octanol–water partition coefficient (Wildman–Crippen LogP) is 1.45. The van der Waals surface area contributed by atoms with Crippen molar-refractivity contribution >= 4 is 11.8 Å². The highest BCUT2D eigenvalue weighted by Gasteiger charge is 2.39. The summed E-state index contributed by atoms with van der Waals surface area (Å²) in [7, 11) is 0. The van der Waals surface area contributed by atoms with Crippen molar-refractivity contribution in [2.24, 2.45) is 5.73 Å². The fraction of sp³-hybridized carbons (Fsp3) is 0.667. The van der Waals surface area contributed by atoms with Gasteiger partial charge < -0.3 is 15.6 Å². The predicted molar refractivity (Wildman–Crippen MR) is 79.4 cm³/mol. The smallest absolute Gasteiger partial charge is 0.243 e. The highest BCUT2D eigenvalue weighted by atomic mass is 16.2. The maximum atomic E-state index is 12.5. The summed E-state index contributed by atoms with van der Waals surface area (Å²) >= 11 is 0. The molecule has 0 saturated heterocycles. The van der Waals surface area contributed by atoms with Crippen LogP contribution in [-0.4, -0.2) is 26.9 Å². The zero-order chi connectivity index (χ0) is 15.5. The van der Waals surface area contributed by atoms with E-state index in [-0.39, 0.29) is 5.91 Å². The Kier molecular flexibility index (Phi) is 4.65. The molecule has 0 bridgehead atoms. The third kappa shape index (κ3) is 3.25. The molecule has 1 aromatic rings. The van der Waals surface area contributed by atoms with Crippen LogP contribution < -0.4 is 11.1 Å². The summed E-state index contributed by atoms with van der Waals surface area (Å²) in [6, 6.07) is -0.410. The molecule has 6 nitrogen and oxygen atoms in total. The summed E-state index contributed by atoms with van der Waals surface area (Å²) in [5.41, 5.74) is 4.70. The van der Waals surface area contributed by atoms with Gasteiger partial charge in [0.15, 0.2) is 0 Å². The molecular weight excluding hydrogens is 268 g/mol. The number of nitrogens with zero attached hydrogens (tertiary/aromatic N) is 2. The van der Waals surface area contributed by atoms with Crippen molar-refractivity contribution in [2.75, 3.05) is 0 Å². The van der Waals surface area contributed by atoms with Gasteiger partial charge in [-0.1, -0.05) is 25.7 Å². The second kappa shape index (κ2) is 6.28. The number of hydrogen-bond donors (Lipinski definition) is 2. The lowest BCUT2D eigenvalue weighted by molar-refractivity contribution is -0.133. The first-order valence-corrected chi connectivity index (χ1v) is 7.58. The number of amides is 2. The first kappa shape index (κ1) is 15.5. The number of nitrogens with two attached hydrogens (primary N) is 1. The van der Waals surface area contributed by atoms with Crippen molar-refractivity contribution in [1.29, 1.82) is 0 Å². The quantitative estimate of drug-likeness (QED) is 0.823. The number of carbonyl (C=O) groups excluding carboxylic acids is 2. The number of carbonyl (C=O) groups is 2. The Balaban J connectivity index is 2.15. The van der Waals surface area contributed by atoms with E-state index in [1.165, 1.54) is 0 Å². The van der Waals surface area contributed by atoms with Crippen molar-refractivity contribution in [3.8, 4) is 0 Å². The molecule has 1 aliphatic carbocycles. The van der Waals surface area contributed by atoms with Gasteiger partial charge in [0.1, 0.15) is 17.4 Å². The molecule has 1 heterocycles. The molecule has 116 valence electrons. The third-order valence-corrected chi connectivity index (χ3v) is 4.45. The summed E-state index contributed by atoms with van der Waals surface area (Å²) in [5.74, 6) is 0.163. The van der Waals surface area contributed by atoms with E-state index in [4.69, 9.17) is 5.73 Å². The highest BCUT2D eigenvalue weighted by molar-refractivity contribution is 5.91. The molecule has 1 atom stereocenters. The van der Waals surface area contributed by atoms with Gasteiger partial charge in [0.05, 0.1) is 0 Å². The summed E-state index contributed by atoms with van der Waals surface area (Å²) in [5, 5.41) is 2.92. The van der Waals surface area contributed by atoms with E-state index in [1.807, 2.05) is 6.92 Å². The van der Waals surface area contributed by atoms with Crippen molar-refractivity contribution in [1.82, 2.24) is 14.9 Å². The summed E-state index contributed by atoms with van der Waals surface area (Å²) in [6.07, 6.45) is 8.69. The Labute approximate surface area is 125 Å². The number of rotatable bonds is 4. The van der Waals surface area contributed by atoms with Gasteiger partial charge in [0.2, 0.25) is 11.8 Å². The minimum absolute atomic E-state index is 0.184. The fourth-order valence-corrected chi connectivity index (χ4v) is 3.03. The van der Waals surface area contributed by atoms with Crippen LogP contribution in [0.1, 0.15) is 57.3 Å². The van der Waals surface area contributed by atoms with E-state index in [1.54, 1.807) is 23.9 Å². The molecule has 0 aliphatic heterocycles. The van der Waals surface area contributed by atoms with Crippen LogP contribution >= 0.6 is 0 Å². The number of hydrogen-bond acceptors (Lipinski definition) is 3. The van der Waals surface area contributed by atoms with Crippen molar-refractivity contribution < 1.29 is 9.59 Å². The standard InChI is InChI=1S/C15H24N4O2/c1-11(19-10-9-17-12(19)2)13(20)18-15(14(16)21)7-5-3-4-6-8-15/h9-11H,3-8H2,1-2H3,(H2,16,21)(H,18,20)/t11-/m1/s1. The normalized spacial score (nSPS) is 19.5. The zero-order valence-electron chi connectivity index (χ0n) is 12.8. The lowest BCUT2D eigenvalue weighted by atomic mass is 9.89. The van der Waals surface area contributed by atoms with Crippen LogP contribution in [0.4, 0.5) is 0 Å². The zero-order valence-corrected chi connectivity index (χ0v) is 12.8. The molecular formula is C15H24N4O2. The van der Waals surface area contributed by atoms with Crippen molar-refractivity contribution in [3.63, 3.8) is 0 Å². The second-order valence-corrected chi connectivity index (χ2v) is 5.91. The van der Waals surface area contributed by atoms with Gasteiger partial charge in [-0.3, -0.25) is 9.59 Å². The molecule has 1 saturated carbocycles. The Bertz CT molecular complexity index is 515. The Hall–Kier alpha value is -1.85. The van der Waals surface area contributed by atoms with Gasteiger partial charge in [-0.15, -0.1) is 0 Å². The molecule has 3 N–H and O–H groups in total. The van der Waals surface area contributed by atoms with Crippen LogP contribution in [0.3, 0.4) is 0 Å².